The van der Waals surface area contributed by atoms with Crippen molar-refractivity contribution in [2.45, 2.75) is 12.5 Å². The van der Waals surface area contributed by atoms with E-state index in [0.717, 1.165) is 5.39 Å². The van der Waals surface area contributed by atoms with E-state index in [2.05, 4.69) is 10.3 Å². The van der Waals surface area contributed by atoms with Crippen LogP contribution in [0.5, 0.6) is 5.75 Å². The van der Waals surface area contributed by atoms with Gasteiger partial charge in [0.05, 0.1) is 30.0 Å². The Hall–Kier alpha value is -5.83. The molecule has 1 atom stereocenters. The highest BCUT2D eigenvalue weighted by molar-refractivity contribution is 6.18. The molecule has 0 saturated carbocycles. The Morgan fingerprint density at radius 3 is 2.34 bits per heavy atom. The highest BCUT2D eigenvalue weighted by Gasteiger charge is 2.49. The van der Waals surface area contributed by atoms with Gasteiger partial charge in [0.15, 0.2) is 0 Å². The zero-order valence-electron chi connectivity index (χ0n) is 23.7. The minimum absolute atomic E-state index is 0.0752. The van der Waals surface area contributed by atoms with E-state index in [9.17, 15) is 18.8 Å². The van der Waals surface area contributed by atoms with Crippen molar-refractivity contribution in [2.75, 3.05) is 12.0 Å². The van der Waals surface area contributed by atoms with Crippen molar-refractivity contribution in [3.8, 4) is 5.75 Å². The molecule has 0 aliphatic carbocycles. The molecule has 0 radical (unpaired) electrons. The molecule has 0 spiro atoms. The van der Waals surface area contributed by atoms with Gasteiger partial charge in [0, 0.05) is 27.6 Å². The number of carbonyl (C=O) groups excluding carboxylic acids is 3. The monoisotopic (exact) mass is 584 g/mol. The van der Waals surface area contributed by atoms with Crippen LogP contribution in [0, 0.1) is 5.82 Å². The van der Waals surface area contributed by atoms with Gasteiger partial charge < -0.3 is 10.1 Å². The number of methoxy groups -OCH3 is 1. The fourth-order valence-corrected chi connectivity index (χ4v) is 5.87. The van der Waals surface area contributed by atoms with E-state index in [1.54, 1.807) is 60.0 Å². The molecule has 3 heterocycles. The van der Waals surface area contributed by atoms with E-state index in [4.69, 9.17) is 4.74 Å². The third-order valence-electron chi connectivity index (χ3n) is 8.08. The molecule has 216 valence electrons. The second-order valence-corrected chi connectivity index (χ2v) is 10.7. The molecule has 0 bridgehead atoms. The van der Waals surface area contributed by atoms with Crippen molar-refractivity contribution in [1.29, 1.82) is 0 Å². The fraction of sp³-hybridized carbons (Fsp3) is 0.0857. The topological polar surface area (TPSA) is 93.5 Å². The highest BCUT2D eigenvalue weighted by Crippen LogP contribution is 2.46. The van der Waals surface area contributed by atoms with E-state index in [1.807, 2.05) is 30.3 Å². The van der Waals surface area contributed by atoms with Crippen molar-refractivity contribution in [2.24, 2.45) is 0 Å². The van der Waals surface area contributed by atoms with Crippen molar-refractivity contribution in [1.82, 2.24) is 14.9 Å². The molecule has 0 saturated heterocycles. The summed E-state index contributed by atoms with van der Waals surface area (Å²) in [5.41, 5.74) is 1.85. The summed E-state index contributed by atoms with van der Waals surface area (Å²) in [4.78, 5) is 47.4. The largest absolute Gasteiger partial charge is 0.497 e. The van der Waals surface area contributed by atoms with Crippen molar-refractivity contribution < 1.29 is 23.5 Å². The normalized spacial score (nSPS) is 15.9. The number of carbonyl (C=O) groups is 3. The summed E-state index contributed by atoms with van der Waals surface area (Å²) in [5.74, 6) is -1.14. The number of benzene rings is 4. The molecule has 1 aliphatic heterocycles. The summed E-state index contributed by atoms with van der Waals surface area (Å²) in [6, 6.07) is 28.8. The molecular weight excluding hydrogens is 559 g/mol. The van der Waals surface area contributed by atoms with E-state index in [-0.39, 0.29) is 11.6 Å². The molecule has 6 aromatic rings. The first kappa shape index (κ1) is 27.0. The minimum Gasteiger partial charge on any atom is -0.497 e. The Kier molecular flexibility index (Phi) is 6.24. The lowest BCUT2D eigenvalue weighted by Gasteiger charge is -2.26. The molecule has 0 unspecified atom stereocenters. The lowest BCUT2D eigenvalue weighted by molar-refractivity contribution is -0.122. The van der Waals surface area contributed by atoms with E-state index in [1.165, 1.54) is 42.5 Å². The third kappa shape index (κ3) is 4.12. The van der Waals surface area contributed by atoms with Crippen LogP contribution in [0.15, 0.2) is 109 Å². The number of amides is 2. The predicted octanol–water partition coefficient (Wildman–Crippen LogP) is 6.35. The smallest absolute Gasteiger partial charge is 0.271 e. The average Bonchev–Trinajstić information content (AvgIpc) is 3.49. The Labute approximate surface area is 251 Å². The first-order chi connectivity index (χ1) is 21.3. The molecule has 4 aromatic carbocycles. The summed E-state index contributed by atoms with van der Waals surface area (Å²) in [6.07, 6.45) is 1.51. The number of rotatable bonds is 5. The van der Waals surface area contributed by atoms with Crippen LogP contribution in [0.2, 0.25) is 0 Å². The van der Waals surface area contributed by atoms with Gasteiger partial charge in [-0.15, -0.1) is 0 Å². The van der Waals surface area contributed by atoms with Gasteiger partial charge in [-0.05, 0) is 73.7 Å². The Morgan fingerprint density at radius 1 is 0.864 bits per heavy atom. The van der Waals surface area contributed by atoms with Crippen LogP contribution in [-0.2, 0) is 10.3 Å². The molecule has 2 amide bonds. The zero-order valence-corrected chi connectivity index (χ0v) is 23.7. The molecule has 8 nitrogen and oxygen atoms in total. The van der Waals surface area contributed by atoms with Gasteiger partial charge in [-0.1, -0.05) is 36.4 Å². The number of fused-ring (bicyclic) bond motifs is 4. The van der Waals surface area contributed by atoms with Crippen LogP contribution in [-0.4, -0.2) is 34.4 Å². The molecular formula is C35H25FN4O4. The number of hydrogen-bond acceptors (Lipinski definition) is 5. The van der Waals surface area contributed by atoms with E-state index < -0.39 is 23.2 Å². The molecule has 9 heteroatoms. The summed E-state index contributed by atoms with van der Waals surface area (Å²) < 4.78 is 20.7. The lowest BCUT2D eigenvalue weighted by Crippen LogP contribution is -2.50. The molecule has 7 rings (SSSR count). The second kappa shape index (κ2) is 10.2. The first-order valence-electron chi connectivity index (χ1n) is 13.9. The number of pyridine rings is 1. The number of nitrogens with one attached hydrogen (secondary N) is 1. The average molecular weight is 585 g/mol. The third-order valence-corrected chi connectivity index (χ3v) is 8.08. The van der Waals surface area contributed by atoms with Gasteiger partial charge in [-0.2, -0.15) is 0 Å². The van der Waals surface area contributed by atoms with Crippen LogP contribution in [0.1, 0.15) is 33.3 Å². The predicted molar refractivity (Wildman–Crippen MR) is 165 cm³/mol. The maximum Gasteiger partial charge on any atom is 0.271 e. The van der Waals surface area contributed by atoms with E-state index in [0.29, 0.717) is 44.7 Å². The molecule has 1 N–H and O–H groups in total. The Balaban J connectivity index is 1.30. The van der Waals surface area contributed by atoms with Gasteiger partial charge in [-0.25, -0.2) is 9.37 Å². The van der Waals surface area contributed by atoms with Crippen molar-refractivity contribution >= 4 is 50.9 Å². The summed E-state index contributed by atoms with van der Waals surface area (Å²) in [5, 5.41) is 4.36. The summed E-state index contributed by atoms with van der Waals surface area (Å²) in [7, 11) is 1.52. The highest BCUT2D eigenvalue weighted by atomic mass is 19.1. The fourth-order valence-electron chi connectivity index (χ4n) is 5.87. The number of halogens is 1. The standard InChI is InChI=1S/C35H25FN4O4/c1-35(27-18-24(44-2)16-17-30(27)39(34(35)43)23-14-12-22(36)13-15-23)38-32(41)28-19-26-25-10-6-7-11-29(25)40(31(26)20-37-28)33(42)21-8-4-3-5-9-21/h3-20H,1-2H3,(H,38,41)/t35-/m0/s1. The van der Waals surface area contributed by atoms with Crippen LogP contribution >= 0.6 is 0 Å². The van der Waals surface area contributed by atoms with Gasteiger partial charge in [0.1, 0.15) is 22.8 Å². The first-order valence-corrected chi connectivity index (χ1v) is 13.9. The van der Waals surface area contributed by atoms with Gasteiger partial charge in [0.2, 0.25) is 0 Å². The Morgan fingerprint density at radius 2 is 1.59 bits per heavy atom. The quantitative estimate of drug-likeness (QED) is 0.255. The number of ether oxygens (including phenoxy) is 1. The maximum atomic E-state index is 14.1. The number of aromatic nitrogens is 2. The van der Waals surface area contributed by atoms with Crippen LogP contribution in [0.3, 0.4) is 0 Å². The summed E-state index contributed by atoms with van der Waals surface area (Å²) in [6.45, 7) is 1.62. The molecule has 44 heavy (non-hydrogen) atoms. The number of nitrogens with zero attached hydrogens (tertiary/aromatic N) is 3. The molecule has 2 aromatic heterocycles. The van der Waals surface area contributed by atoms with Crippen molar-refractivity contribution in [3.63, 3.8) is 0 Å². The minimum atomic E-state index is -1.50. The number of hydrogen-bond donors (Lipinski definition) is 1. The van der Waals surface area contributed by atoms with Crippen LogP contribution < -0.4 is 15.0 Å². The Bertz CT molecular complexity index is 2120. The number of anilines is 2. The van der Waals surface area contributed by atoms with Gasteiger partial charge >= 0.3 is 0 Å². The van der Waals surface area contributed by atoms with Crippen LogP contribution in [0.25, 0.3) is 21.8 Å². The lowest BCUT2D eigenvalue weighted by atomic mass is 9.93. The summed E-state index contributed by atoms with van der Waals surface area (Å²) >= 11 is 0. The second-order valence-electron chi connectivity index (χ2n) is 10.7. The molecule has 0 fully saturated rings. The SMILES string of the molecule is COc1ccc2c(c1)[C@](C)(NC(=O)c1cc3c4ccccc4n(C(=O)c4ccccc4)c3cn1)C(=O)N2c1ccc(F)cc1. The van der Waals surface area contributed by atoms with Crippen molar-refractivity contribution in [3.05, 3.63) is 132 Å². The van der Waals surface area contributed by atoms with Gasteiger partial charge in [-0.3, -0.25) is 23.9 Å². The maximum absolute atomic E-state index is 14.1. The molecule has 1 aliphatic rings. The van der Waals surface area contributed by atoms with Crippen LogP contribution in [0.4, 0.5) is 15.8 Å². The van der Waals surface area contributed by atoms with Gasteiger partial charge in [0.25, 0.3) is 17.7 Å². The number of para-hydroxylation sites is 1. The zero-order chi connectivity index (χ0) is 30.6. The van der Waals surface area contributed by atoms with E-state index >= 15 is 0 Å².